The smallest absolute Gasteiger partial charge is 0.138 e. The van der Waals surface area contributed by atoms with Gasteiger partial charge in [0.05, 0.1) is 16.7 Å². The Morgan fingerprint density at radius 1 is 0.567 bits per heavy atom. The molecule has 3 heteroatoms. The first-order chi connectivity index (χ1) is 14.8. The molecule has 2 nitrogen and oxygen atoms in total. The first kappa shape index (κ1) is 17.3. The van der Waals surface area contributed by atoms with Crippen molar-refractivity contribution in [1.29, 1.82) is 0 Å². The van der Waals surface area contributed by atoms with Crippen molar-refractivity contribution in [2.45, 2.75) is 0 Å². The molecule has 3 aromatic carbocycles. The molecule has 0 saturated heterocycles. The summed E-state index contributed by atoms with van der Waals surface area (Å²) in [6.45, 7) is 0. The van der Waals surface area contributed by atoms with Crippen LogP contribution in [0, 0.1) is 0 Å². The molecule has 0 aliphatic rings. The summed E-state index contributed by atoms with van der Waals surface area (Å²) in [5, 5.41) is 0.725. The Hall–Kier alpha value is -3.62. The fourth-order valence-corrected chi connectivity index (χ4v) is 4.48. The normalized spacial score (nSPS) is 11.5. The Labute approximate surface area is 179 Å². The maximum Gasteiger partial charge on any atom is 0.138 e. The number of imidazole rings is 1. The standard InChI is InChI=1S/C27H17ClN2/c28-21-16-14-20(15-17-21)26-27-25(19-10-5-2-6-11-19)24(18-8-3-1-4-9-18)22-12-7-13-23(29-26)30(22)27/h1-17H. The highest BCUT2D eigenvalue weighted by Crippen LogP contribution is 2.45. The molecule has 0 amide bonds. The summed E-state index contributed by atoms with van der Waals surface area (Å²) in [5.74, 6) is 0. The van der Waals surface area contributed by atoms with Crippen molar-refractivity contribution < 1.29 is 0 Å². The lowest BCUT2D eigenvalue weighted by molar-refractivity contribution is 1.30. The zero-order valence-electron chi connectivity index (χ0n) is 16.1. The molecule has 0 aliphatic heterocycles. The van der Waals surface area contributed by atoms with Gasteiger partial charge >= 0.3 is 0 Å². The molecule has 3 aromatic heterocycles. The summed E-state index contributed by atoms with van der Waals surface area (Å²) in [6.07, 6.45) is 0. The Bertz CT molecular complexity index is 1470. The zero-order chi connectivity index (χ0) is 20.1. The SMILES string of the molecule is Clc1ccc(-c2nc3cccc4c(-c5ccccc5)c(-c5ccccc5)c2n34)cc1. The van der Waals surface area contributed by atoms with Gasteiger partial charge in [-0.1, -0.05) is 90.5 Å². The van der Waals surface area contributed by atoms with E-state index in [2.05, 4.69) is 83.3 Å². The molecule has 0 fully saturated rings. The van der Waals surface area contributed by atoms with Crippen LogP contribution in [-0.2, 0) is 0 Å². The lowest BCUT2D eigenvalue weighted by Crippen LogP contribution is -1.85. The molecule has 0 radical (unpaired) electrons. The molecule has 6 rings (SSSR count). The van der Waals surface area contributed by atoms with Gasteiger partial charge in [0, 0.05) is 21.7 Å². The Morgan fingerprint density at radius 3 is 1.87 bits per heavy atom. The fourth-order valence-electron chi connectivity index (χ4n) is 4.36. The summed E-state index contributed by atoms with van der Waals surface area (Å²) in [5.41, 5.74) is 10.1. The maximum atomic E-state index is 6.15. The van der Waals surface area contributed by atoms with Gasteiger partial charge in [-0.25, -0.2) is 4.98 Å². The second kappa shape index (κ2) is 6.72. The average Bonchev–Trinajstić information content (AvgIpc) is 3.35. The minimum Gasteiger partial charge on any atom is -0.291 e. The zero-order valence-corrected chi connectivity index (χ0v) is 16.8. The lowest BCUT2D eigenvalue weighted by Gasteiger charge is -2.08. The highest BCUT2D eigenvalue weighted by Gasteiger charge is 2.24. The Morgan fingerprint density at radius 2 is 1.20 bits per heavy atom. The van der Waals surface area contributed by atoms with Crippen LogP contribution >= 0.6 is 11.6 Å². The number of nitrogens with zero attached hydrogens (tertiary/aromatic N) is 2. The van der Waals surface area contributed by atoms with Gasteiger partial charge in [0.1, 0.15) is 5.65 Å². The first-order valence-electron chi connectivity index (χ1n) is 9.94. The predicted molar refractivity (Wildman–Crippen MR) is 125 cm³/mol. The van der Waals surface area contributed by atoms with Crippen molar-refractivity contribution in [2.24, 2.45) is 0 Å². The second-order valence-corrected chi connectivity index (χ2v) is 7.84. The molecule has 0 bridgehead atoms. The van der Waals surface area contributed by atoms with Gasteiger partial charge < -0.3 is 0 Å². The van der Waals surface area contributed by atoms with Gasteiger partial charge in [0.25, 0.3) is 0 Å². The summed E-state index contributed by atoms with van der Waals surface area (Å²) in [6, 6.07) is 35.5. The first-order valence-corrected chi connectivity index (χ1v) is 10.3. The van der Waals surface area contributed by atoms with E-state index < -0.39 is 0 Å². The number of halogens is 1. The minimum absolute atomic E-state index is 0.725. The number of pyridine rings is 1. The summed E-state index contributed by atoms with van der Waals surface area (Å²) in [7, 11) is 0. The van der Waals surface area contributed by atoms with Gasteiger partial charge in [-0.15, -0.1) is 0 Å². The average molecular weight is 405 g/mol. The van der Waals surface area contributed by atoms with Crippen LogP contribution in [0.3, 0.4) is 0 Å². The molecule has 0 aliphatic carbocycles. The molecule has 142 valence electrons. The molecule has 0 spiro atoms. The van der Waals surface area contributed by atoms with Crippen molar-refractivity contribution in [2.75, 3.05) is 0 Å². The molecule has 0 N–H and O–H groups in total. The highest BCUT2D eigenvalue weighted by molar-refractivity contribution is 6.30. The van der Waals surface area contributed by atoms with E-state index in [0.29, 0.717) is 0 Å². The molecule has 6 aromatic rings. The van der Waals surface area contributed by atoms with Crippen molar-refractivity contribution in [1.82, 2.24) is 9.38 Å². The van der Waals surface area contributed by atoms with Crippen LogP contribution in [0.5, 0.6) is 0 Å². The Balaban J connectivity index is 1.81. The Kier molecular flexibility index (Phi) is 3.87. The quantitative estimate of drug-likeness (QED) is 0.297. The van der Waals surface area contributed by atoms with Crippen LogP contribution in [0.1, 0.15) is 0 Å². The van der Waals surface area contributed by atoms with E-state index in [-0.39, 0.29) is 0 Å². The van der Waals surface area contributed by atoms with Crippen LogP contribution in [0.4, 0.5) is 0 Å². The summed E-state index contributed by atoms with van der Waals surface area (Å²) in [4.78, 5) is 5.01. The van der Waals surface area contributed by atoms with Crippen LogP contribution < -0.4 is 0 Å². The van der Waals surface area contributed by atoms with Gasteiger partial charge in [-0.2, -0.15) is 0 Å². The van der Waals surface area contributed by atoms with Crippen LogP contribution in [0.2, 0.25) is 5.02 Å². The largest absolute Gasteiger partial charge is 0.291 e. The third kappa shape index (κ3) is 2.54. The minimum atomic E-state index is 0.725. The lowest BCUT2D eigenvalue weighted by atomic mass is 9.95. The van der Waals surface area contributed by atoms with E-state index in [1.807, 2.05) is 24.3 Å². The second-order valence-electron chi connectivity index (χ2n) is 7.40. The van der Waals surface area contributed by atoms with Crippen LogP contribution in [0.15, 0.2) is 103 Å². The van der Waals surface area contributed by atoms with E-state index in [1.165, 1.54) is 27.8 Å². The number of rotatable bonds is 3. The molecule has 30 heavy (non-hydrogen) atoms. The van der Waals surface area contributed by atoms with E-state index in [9.17, 15) is 0 Å². The van der Waals surface area contributed by atoms with Gasteiger partial charge in [-0.3, -0.25) is 4.40 Å². The molecule has 0 atom stereocenters. The maximum absolute atomic E-state index is 6.15. The molecule has 0 saturated carbocycles. The molecular formula is C27H17ClN2. The molecule has 0 unspecified atom stereocenters. The van der Waals surface area contributed by atoms with Crippen molar-refractivity contribution in [3.8, 4) is 33.5 Å². The van der Waals surface area contributed by atoms with E-state index in [1.54, 1.807) is 0 Å². The monoisotopic (exact) mass is 404 g/mol. The number of hydrogen-bond acceptors (Lipinski definition) is 1. The van der Waals surface area contributed by atoms with E-state index in [0.717, 1.165) is 27.4 Å². The van der Waals surface area contributed by atoms with Crippen LogP contribution in [-0.4, -0.2) is 9.38 Å². The van der Waals surface area contributed by atoms with Crippen molar-refractivity contribution >= 4 is 28.3 Å². The van der Waals surface area contributed by atoms with Crippen molar-refractivity contribution in [3.63, 3.8) is 0 Å². The fraction of sp³-hybridized carbons (Fsp3) is 0. The van der Waals surface area contributed by atoms with Crippen LogP contribution in [0.25, 0.3) is 50.2 Å². The topological polar surface area (TPSA) is 17.3 Å². The highest BCUT2D eigenvalue weighted by atomic mass is 35.5. The molecular weight excluding hydrogens is 388 g/mol. The third-order valence-corrected chi connectivity index (χ3v) is 5.88. The number of hydrogen-bond donors (Lipinski definition) is 0. The van der Waals surface area contributed by atoms with Gasteiger partial charge in [-0.05, 0) is 35.4 Å². The van der Waals surface area contributed by atoms with Gasteiger partial charge in [0.2, 0.25) is 0 Å². The predicted octanol–water partition coefficient (Wildman–Crippen LogP) is 7.58. The van der Waals surface area contributed by atoms with Gasteiger partial charge in [0.15, 0.2) is 0 Å². The number of benzene rings is 3. The van der Waals surface area contributed by atoms with E-state index in [4.69, 9.17) is 16.6 Å². The third-order valence-electron chi connectivity index (χ3n) is 5.63. The number of aromatic nitrogens is 2. The summed E-state index contributed by atoms with van der Waals surface area (Å²) < 4.78 is 2.29. The van der Waals surface area contributed by atoms with E-state index >= 15 is 0 Å². The van der Waals surface area contributed by atoms with Crippen molar-refractivity contribution in [3.05, 3.63) is 108 Å². The summed E-state index contributed by atoms with van der Waals surface area (Å²) >= 11 is 6.15. The molecule has 3 heterocycles.